The highest BCUT2D eigenvalue weighted by Gasteiger charge is 2.31. The first-order valence-electron chi connectivity index (χ1n) is 6.71. The molecule has 0 unspecified atom stereocenters. The SMILES string of the molecule is CNCc1cc(S(=O)(=O)N2CCCS(=O)(=O)CC2)c(C)o1. The normalized spacial score (nSPS) is 20.3. The Bertz CT molecular complexity index is 706. The summed E-state index contributed by atoms with van der Waals surface area (Å²) in [6.45, 7) is 2.25. The van der Waals surface area contributed by atoms with Crippen molar-refractivity contribution in [3.05, 3.63) is 17.6 Å². The van der Waals surface area contributed by atoms with Gasteiger partial charge in [-0.1, -0.05) is 0 Å². The average molecular weight is 336 g/mol. The monoisotopic (exact) mass is 336 g/mol. The second-order valence-corrected chi connectivity index (χ2v) is 9.28. The number of nitrogens with zero attached hydrogens (tertiary/aromatic N) is 1. The quantitative estimate of drug-likeness (QED) is 0.839. The molecule has 120 valence electrons. The van der Waals surface area contributed by atoms with Crippen LogP contribution < -0.4 is 5.32 Å². The number of hydrogen-bond acceptors (Lipinski definition) is 6. The van der Waals surface area contributed by atoms with Crippen LogP contribution in [-0.2, 0) is 26.4 Å². The number of sulfonamides is 1. The Kier molecular flexibility index (Phi) is 4.76. The minimum absolute atomic E-state index is 0.00333. The van der Waals surface area contributed by atoms with Gasteiger partial charge in [-0.15, -0.1) is 0 Å². The van der Waals surface area contributed by atoms with Gasteiger partial charge in [0, 0.05) is 19.2 Å². The Balaban J connectivity index is 2.29. The lowest BCUT2D eigenvalue weighted by atomic mass is 10.4. The van der Waals surface area contributed by atoms with Crippen LogP contribution in [0.15, 0.2) is 15.4 Å². The molecule has 0 bridgehead atoms. The molecule has 1 aromatic heterocycles. The zero-order valence-corrected chi connectivity index (χ0v) is 13.8. The third kappa shape index (κ3) is 3.65. The second kappa shape index (κ2) is 6.07. The van der Waals surface area contributed by atoms with Crippen molar-refractivity contribution in [1.29, 1.82) is 0 Å². The molecule has 0 radical (unpaired) electrons. The zero-order valence-electron chi connectivity index (χ0n) is 12.1. The minimum Gasteiger partial charge on any atom is -0.464 e. The van der Waals surface area contributed by atoms with Crippen LogP contribution in [-0.4, -0.2) is 52.8 Å². The van der Waals surface area contributed by atoms with E-state index >= 15 is 0 Å². The fraction of sp³-hybridized carbons (Fsp3) is 0.667. The summed E-state index contributed by atoms with van der Waals surface area (Å²) in [4.78, 5) is 0.118. The highest BCUT2D eigenvalue weighted by Crippen LogP contribution is 2.24. The van der Waals surface area contributed by atoms with Gasteiger partial charge in [-0.3, -0.25) is 0 Å². The Labute approximate surface area is 125 Å². The first-order valence-corrected chi connectivity index (χ1v) is 9.97. The van der Waals surface area contributed by atoms with Crippen molar-refractivity contribution < 1.29 is 21.3 Å². The van der Waals surface area contributed by atoms with Gasteiger partial charge in [-0.05, 0) is 20.4 Å². The van der Waals surface area contributed by atoms with Crippen LogP contribution in [0.5, 0.6) is 0 Å². The lowest BCUT2D eigenvalue weighted by Gasteiger charge is -2.18. The summed E-state index contributed by atoms with van der Waals surface area (Å²) in [5.74, 6) is 0.768. The highest BCUT2D eigenvalue weighted by molar-refractivity contribution is 7.91. The van der Waals surface area contributed by atoms with Crippen LogP contribution in [0.2, 0.25) is 0 Å². The lowest BCUT2D eigenvalue weighted by Crippen LogP contribution is -2.33. The molecular weight excluding hydrogens is 316 g/mol. The van der Waals surface area contributed by atoms with Crippen molar-refractivity contribution in [2.24, 2.45) is 0 Å². The number of rotatable bonds is 4. The third-order valence-corrected chi connectivity index (χ3v) is 7.13. The van der Waals surface area contributed by atoms with Crippen molar-refractivity contribution in [3.8, 4) is 0 Å². The van der Waals surface area contributed by atoms with Crippen LogP contribution in [0.1, 0.15) is 17.9 Å². The van der Waals surface area contributed by atoms with Crippen LogP contribution in [0, 0.1) is 6.92 Å². The van der Waals surface area contributed by atoms with Crippen molar-refractivity contribution >= 4 is 19.9 Å². The topological polar surface area (TPSA) is 96.7 Å². The van der Waals surface area contributed by atoms with Crippen molar-refractivity contribution in [2.45, 2.75) is 24.8 Å². The second-order valence-electron chi connectivity index (χ2n) is 5.07. The van der Waals surface area contributed by atoms with Crippen LogP contribution in [0.25, 0.3) is 0 Å². The number of hydrogen-bond donors (Lipinski definition) is 1. The molecule has 7 nitrogen and oxygen atoms in total. The summed E-state index contributed by atoms with van der Waals surface area (Å²) in [6, 6.07) is 1.50. The van der Waals surface area contributed by atoms with Gasteiger partial charge in [-0.2, -0.15) is 4.31 Å². The molecule has 9 heteroatoms. The van der Waals surface area contributed by atoms with E-state index in [0.717, 1.165) is 0 Å². The minimum atomic E-state index is -3.72. The molecule has 1 fully saturated rings. The lowest BCUT2D eigenvalue weighted by molar-refractivity contribution is 0.430. The number of nitrogens with one attached hydrogen (secondary N) is 1. The molecular formula is C12H20N2O5S2. The molecule has 1 saturated heterocycles. The van der Waals surface area contributed by atoms with Gasteiger partial charge in [0.15, 0.2) is 9.84 Å². The van der Waals surface area contributed by atoms with Gasteiger partial charge in [0.2, 0.25) is 10.0 Å². The maximum atomic E-state index is 12.6. The summed E-state index contributed by atoms with van der Waals surface area (Å²) in [5.41, 5.74) is 0. The average Bonchev–Trinajstić information content (AvgIpc) is 2.64. The fourth-order valence-corrected chi connectivity index (χ4v) is 5.39. The van der Waals surface area contributed by atoms with E-state index < -0.39 is 19.9 Å². The number of furan rings is 1. The summed E-state index contributed by atoms with van der Waals surface area (Å²) in [6.07, 6.45) is 0.321. The maximum absolute atomic E-state index is 12.6. The Hall–Kier alpha value is -0.900. The predicted molar refractivity (Wildman–Crippen MR) is 78.2 cm³/mol. The van der Waals surface area contributed by atoms with Crippen LogP contribution in [0.4, 0.5) is 0 Å². The molecule has 0 aliphatic carbocycles. The van der Waals surface area contributed by atoms with E-state index in [4.69, 9.17) is 4.42 Å². The molecule has 21 heavy (non-hydrogen) atoms. The van der Waals surface area contributed by atoms with E-state index in [1.807, 2.05) is 0 Å². The summed E-state index contributed by atoms with van der Waals surface area (Å²) in [5, 5.41) is 2.89. The predicted octanol–water partition coefficient (Wildman–Crippen LogP) is 0.117. The molecule has 0 atom stereocenters. The molecule has 0 spiro atoms. The Morgan fingerprint density at radius 2 is 2.05 bits per heavy atom. The summed E-state index contributed by atoms with van der Waals surface area (Å²) >= 11 is 0. The molecule has 1 aromatic rings. The molecule has 2 heterocycles. The summed E-state index contributed by atoms with van der Waals surface area (Å²) in [7, 11) is -5.12. The highest BCUT2D eigenvalue weighted by atomic mass is 32.2. The Morgan fingerprint density at radius 3 is 2.71 bits per heavy atom. The van der Waals surface area contributed by atoms with Crippen molar-refractivity contribution in [1.82, 2.24) is 9.62 Å². The van der Waals surface area contributed by atoms with E-state index in [-0.39, 0.29) is 29.5 Å². The fourth-order valence-electron chi connectivity index (χ4n) is 2.34. The molecule has 0 saturated carbocycles. The maximum Gasteiger partial charge on any atom is 0.246 e. The molecule has 1 aliphatic heterocycles. The van der Waals surface area contributed by atoms with E-state index in [9.17, 15) is 16.8 Å². The van der Waals surface area contributed by atoms with Gasteiger partial charge in [0.1, 0.15) is 16.4 Å². The number of aryl methyl sites for hydroxylation is 1. The van der Waals surface area contributed by atoms with E-state index in [2.05, 4.69) is 5.32 Å². The van der Waals surface area contributed by atoms with Gasteiger partial charge in [-0.25, -0.2) is 16.8 Å². The van der Waals surface area contributed by atoms with Crippen molar-refractivity contribution in [2.75, 3.05) is 31.6 Å². The number of sulfone groups is 1. The van der Waals surface area contributed by atoms with Gasteiger partial charge < -0.3 is 9.73 Å². The molecule has 1 N–H and O–H groups in total. The molecule has 1 aliphatic rings. The standard InChI is InChI=1S/C12H20N2O5S2/c1-10-12(8-11(19-10)9-13-2)21(17,18)14-4-3-6-20(15,16)7-5-14/h8,13H,3-7,9H2,1-2H3. The van der Waals surface area contributed by atoms with Crippen LogP contribution >= 0.6 is 0 Å². The first kappa shape index (κ1) is 16.5. The van der Waals surface area contributed by atoms with Crippen molar-refractivity contribution in [3.63, 3.8) is 0 Å². The van der Waals surface area contributed by atoms with Gasteiger partial charge in [0.05, 0.1) is 18.1 Å². The largest absolute Gasteiger partial charge is 0.464 e. The molecule has 0 amide bonds. The smallest absolute Gasteiger partial charge is 0.246 e. The first-order chi connectivity index (χ1) is 9.76. The van der Waals surface area contributed by atoms with Crippen LogP contribution in [0.3, 0.4) is 0 Å². The van der Waals surface area contributed by atoms with E-state index in [1.54, 1.807) is 14.0 Å². The third-order valence-electron chi connectivity index (χ3n) is 3.41. The molecule has 0 aromatic carbocycles. The van der Waals surface area contributed by atoms with E-state index in [0.29, 0.717) is 24.5 Å². The van der Waals surface area contributed by atoms with Gasteiger partial charge in [0.25, 0.3) is 0 Å². The zero-order chi connectivity index (χ0) is 15.7. The van der Waals surface area contributed by atoms with Gasteiger partial charge >= 0.3 is 0 Å². The Morgan fingerprint density at radius 1 is 1.33 bits per heavy atom. The molecule has 2 rings (SSSR count). The summed E-state index contributed by atoms with van der Waals surface area (Å²) < 4.78 is 55.1. The van der Waals surface area contributed by atoms with E-state index in [1.165, 1.54) is 10.4 Å².